The van der Waals surface area contributed by atoms with Gasteiger partial charge in [0.25, 0.3) is 0 Å². The average molecular weight is 230 g/mol. The van der Waals surface area contributed by atoms with E-state index in [1.54, 1.807) is 13.8 Å². The second-order valence-corrected chi connectivity index (χ2v) is 6.27. The molecule has 0 bridgehead atoms. The summed E-state index contributed by atoms with van der Waals surface area (Å²) in [6.45, 7) is 4.24. The van der Waals surface area contributed by atoms with Crippen molar-refractivity contribution in [2.24, 2.45) is 5.73 Å². The Hall–Kier alpha value is -0.220. The van der Waals surface area contributed by atoms with Crippen LogP contribution in [-0.2, 0) is 4.79 Å². The standard InChI is InChI=1S/C11H22N2OS/c1-10(2,12)9(14)13-8-11(15-3)6-4-5-7-11/h4-8,12H2,1-3H3,(H,13,14). The Morgan fingerprint density at radius 3 is 2.40 bits per heavy atom. The molecule has 0 atom stereocenters. The normalized spacial score (nSPS) is 20.3. The summed E-state index contributed by atoms with van der Waals surface area (Å²) in [4.78, 5) is 11.6. The molecule has 0 aromatic carbocycles. The number of thioether (sulfide) groups is 1. The summed E-state index contributed by atoms with van der Waals surface area (Å²) in [5, 5.41) is 2.97. The highest BCUT2D eigenvalue weighted by molar-refractivity contribution is 8.00. The molecule has 1 saturated carbocycles. The summed E-state index contributed by atoms with van der Waals surface area (Å²) >= 11 is 1.88. The maximum atomic E-state index is 11.6. The fraction of sp³-hybridized carbons (Fsp3) is 0.909. The first-order valence-electron chi connectivity index (χ1n) is 5.52. The van der Waals surface area contributed by atoms with Crippen molar-refractivity contribution in [2.75, 3.05) is 12.8 Å². The second-order valence-electron chi connectivity index (χ2n) is 5.00. The van der Waals surface area contributed by atoms with E-state index in [1.807, 2.05) is 11.8 Å². The summed E-state index contributed by atoms with van der Waals surface area (Å²) in [5.74, 6) is -0.0529. The van der Waals surface area contributed by atoms with E-state index in [0.29, 0.717) is 0 Å². The molecule has 0 heterocycles. The Kier molecular flexibility index (Phi) is 4.06. The van der Waals surface area contributed by atoms with E-state index in [1.165, 1.54) is 25.7 Å². The van der Waals surface area contributed by atoms with Crippen molar-refractivity contribution in [1.29, 1.82) is 0 Å². The Morgan fingerprint density at radius 2 is 2.00 bits per heavy atom. The smallest absolute Gasteiger partial charge is 0.239 e. The van der Waals surface area contributed by atoms with Gasteiger partial charge in [0.1, 0.15) is 0 Å². The van der Waals surface area contributed by atoms with E-state index in [2.05, 4.69) is 11.6 Å². The van der Waals surface area contributed by atoms with Gasteiger partial charge in [-0.25, -0.2) is 0 Å². The molecule has 0 saturated heterocycles. The average Bonchev–Trinajstić information content (AvgIpc) is 2.62. The minimum absolute atomic E-state index is 0.0529. The summed E-state index contributed by atoms with van der Waals surface area (Å²) < 4.78 is 0.265. The number of carbonyl (C=O) groups is 1. The van der Waals surface area contributed by atoms with Gasteiger partial charge in [-0.05, 0) is 32.9 Å². The lowest BCUT2D eigenvalue weighted by molar-refractivity contribution is -0.125. The SMILES string of the molecule is CSC1(CNC(=O)C(C)(C)N)CCCC1. The van der Waals surface area contributed by atoms with Crippen molar-refractivity contribution in [3.05, 3.63) is 0 Å². The van der Waals surface area contributed by atoms with E-state index in [0.717, 1.165) is 6.54 Å². The van der Waals surface area contributed by atoms with Gasteiger partial charge in [-0.3, -0.25) is 4.79 Å². The molecule has 0 unspecified atom stereocenters. The summed E-state index contributed by atoms with van der Waals surface area (Å²) in [7, 11) is 0. The number of amides is 1. The number of carbonyl (C=O) groups excluding carboxylic acids is 1. The molecule has 1 amide bonds. The molecule has 1 rings (SSSR count). The van der Waals surface area contributed by atoms with Crippen LogP contribution in [0.25, 0.3) is 0 Å². The second kappa shape index (κ2) is 4.74. The predicted molar refractivity (Wildman–Crippen MR) is 66.0 cm³/mol. The third kappa shape index (κ3) is 3.38. The van der Waals surface area contributed by atoms with E-state index < -0.39 is 5.54 Å². The van der Waals surface area contributed by atoms with Gasteiger partial charge in [0.2, 0.25) is 5.91 Å². The fourth-order valence-corrected chi connectivity index (χ4v) is 2.86. The van der Waals surface area contributed by atoms with Crippen LogP contribution in [0.1, 0.15) is 39.5 Å². The third-order valence-corrected chi connectivity index (χ3v) is 4.52. The first-order valence-corrected chi connectivity index (χ1v) is 6.74. The van der Waals surface area contributed by atoms with Gasteiger partial charge in [0.05, 0.1) is 5.54 Å². The van der Waals surface area contributed by atoms with Gasteiger partial charge in [-0.2, -0.15) is 11.8 Å². The molecule has 15 heavy (non-hydrogen) atoms. The number of hydrogen-bond acceptors (Lipinski definition) is 3. The molecule has 3 nitrogen and oxygen atoms in total. The van der Waals surface area contributed by atoms with Crippen LogP contribution in [0, 0.1) is 0 Å². The third-order valence-electron chi connectivity index (χ3n) is 3.10. The molecule has 1 fully saturated rings. The number of nitrogens with one attached hydrogen (secondary N) is 1. The van der Waals surface area contributed by atoms with E-state index in [9.17, 15) is 4.79 Å². The molecule has 0 aliphatic heterocycles. The number of nitrogens with two attached hydrogens (primary N) is 1. The maximum absolute atomic E-state index is 11.6. The van der Waals surface area contributed by atoms with Gasteiger partial charge in [-0.1, -0.05) is 12.8 Å². The van der Waals surface area contributed by atoms with Crippen LogP contribution in [0.5, 0.6) is 0 Å². The van der Waals surface area contributed by atoms with Gasteiger partial charge in [-0.15, -0.1) is 0 Å². The summed E-state index contributed by atoms with van der Waals surface area (Å²) in [6, 6.07) is 0. The number of hydrogen-bond donors (Lipinski definition) is 2. The summed E-state index contributed by atoms with van der Waals surface area (Å²) in [5.41, 5.74) is 4.96. The molecule has 3 N–H and O–H groups in total. The van der Waals surface area contributed by atoms with E-state index >= 15 is 0 Å². The van der Waals surface area contributed by atoms with E-state index in [-0.39, 0.29) is 10.7 Å². The molecule has 1 aliphatic rings. The van der Waals surface area contributed by atoms with Gasteiger partial charge in [0.15, 0.2) is 0 Å². The first-order chi connectivity index (χ1) is 6.90. The Bertz CT molecular complexity index is 229. The van der Waals surface area contributed by atoms with Crippen molar-refractivity contribution < 1.29 is 4.79 Å². The highest BCUT2D eigenvalue weighted by Crippen LogP contribution is 2.39. The quantitative estimate of drug-likeness (QED) is 0.770. The van der Waals surface area contributed by atoms with Crippen LogP contribution in [-0.4, -0.2) is 29.0 Å². The van der Waals surface area contributed by atoms with Crippen LogP contribution >= 0.6 is 11.8 Å². The van der Waals surface area contributed by atoms with Crippen LogP contribution in [0.4, 0.5) is 0 Å². The molecular weight excluding hydrogens is 208 g/mol. The van der Waals surface area contributed by atoms with Crippen LogP contribution in [0.2, 0.25) is 0 Å². The number of rotatable bonds is 4. The fourth-order valence-electron chi connectivity index (χ4n) is 1.94. The lowest BCUT2D eigenvalue weighted by atomic mass is 10.0. The zero-order valence-corrected chi connectivity index (χ0v) is 10.7. The molecule has 0 spiro atoms. The maximum Gasteiger partial charge on any atom is 0.239 e. The summed E-state index contributed by atoms with van der Waals surface area (Å²) in [6.07, 6.45) is 7.11. The monoisotopic (exact) mass is 230 g/mol. The predicted octanol–water partition coefficient (Wildman–Crippen LogP) is 1.52. The highest BCUT2D eigenvalue weighted by Gasteiger charge is 2.34. The van der Waals surface area contributed by atoms with Crippen molar-refractivity contribution in [2.45, 2.75) is 49.8 Å². The Morgan fingerprint density at radius 1 is 1.47 bits per heavy atom. The van der Waals surface area contributed by atoms with Crippen molar-refractivity contribution >= 4 is 17.7 Å². The van der Waals surface area contributed by atoms with Crippen LogP contribution in [0.3, 0.4) is 0 Å². The molecule has 0 aromatic rings. The van der Waals surface area contributed by atoms with Crippen LogP contribution < -0.4 is 11.1 Å². The highest BCUT2D eigenvalue weighted by atomic mass is 32.2. The van der Waals surface area contributed by atoms with Gasteiger partial charge >= 0.3 is 0 Å². The molecule has 0 radical (unpaired) electrons. The van der Waals surface area contributed by atoms with Gasteiger partial charge < -0.3 is 11.1 Å². The van der Waals surface area contributed by atoms with Crippen molar-refractivity contribution in [1.82, 2.24) is 5.32 Å². The topological polar surface area (TPSA) is 55.1 Å². The van der Waals surface area contributed by atoms with Crippen molar-refractivity contribution in [3.8, 4) is 0 Å². The molecule has 1 aliphatic carbocycles. The zero-order valence-electron chi connectivity index (χ0n) is 9.93. The molecular formula is C11H22N2OS. The van der Waals surface area contributed by atoms with Gasteiger partial charge in [0, 0.05) is 11.3 Å². The Balaban J connectivity index is 2.45. The first kappa shape index (κ1) is 12.8. The lowest BCUT2D eigenvalue weighted by Crippen LogP contribution is -2.52. The Labute approximate surface area is 96.6 Å². The minimum Gasteiger partial charge on any atom is -0.353 e. The molecule has 0 aromatic heterocycles. The molecule has 88 valence electrons. The lowest BCUT2D eigenvalue weighted by Gasteiger charge is -2.28. The zero-order chi connectivity index (χ0) is 11.5. The molecule has 4 heteroatoms. The largest absolute Gasteiger partial charge is 0.353 e. The van der Waals surface area contributed by atoms with Crippen molar-refractivity contribution in [3.63, 3.8) is 0 Å². The van der Waals surface area contributed by atoms with E-state index in [4.69, 9.17) is 5.73 Å². The minimum atomic E-state index is -0.766. The van der Waals surface area contributed by atoms with Crippen LogP contribution in [0.15, 0.2) is 0 Å².